The van der Waals surface area contributed by atoms with Gasteiger partial charge in [0.25, 0.3) is 0 Å². The number of aromatic nitrogens is 3. The zero-order valence-electron chi connectivity index (χ0n) is 8.12. The average molecular weight is 196 g/mol. The van der Waals surface area contributed by atoms with Gasteiger partial charge in [-0.05, 0) is 10.6 Å². The maximum Gasteiger partial charge on any atom is 0.238 e. The molecule has 0 aliphatic carbocycles. The van der Waals surface area contributed by atoms with Gasteiger partial charge in [0, 0.05) is 10.8 Å². The maximum absolute atomic E-state index is 8.77. The highest BCUT2D eigenvalue weighted by atomic mass is 16.3. The summed E-state index contributed by atoms with van der Waals surface area (Å²) < 4.78 is 1.55. The molecule has 0 unspecified atom stereocenters. The molecule has 1 rings (SSSR count). The van der Waals surface area contributed by atoms with Crippen LogP contribution in [-0.4, -0.2) is 26.5 Å². The number of nitrogens with zero attached hydrogens (tertiary/aromatic N) is 6. The van der Waals surface area contributed by atoms with Crippen LogP contribution in [0.4, 0.5) is 5.95 Å². The number of hydrogen-bond acceptors (Lipinski definition) is 4. The van der Waals surface area contributed by atoms with Crippen LogP contribution in [0.3, 0.4) is 0 Å². The van der Waals surface area contributed by atoms with Crippen LogP contribution in [0.5, 0.6) is 0 Å². The second-order valence-corrected chi connectivity index (χ2v) is 3.06. The molecule has 1 aromatic rings. The predicted octanol–water partition coefficient (Wildman–Crippen LogP) is 1.34. The topological polar surface area (TPSA) is 99.7 Å². The maximum atomic E-state index is 8.77. The summed E-state index contributed by atoms with van der Waals surface area (Å²) in [6.45, 7) is 4.26. The molecule has 7 heteroatoms. The van der Waals surface area contributed by atoms with E-state index in [-0.39, 0.29) is 18.5 Å². The van der Waals surface area contributed by atoms with Gasteiger partial charge < -0.3 is 5.11 Å². The summed E-state index contributed by atoms with van der Waals surface area (Å²) in [7, 11) is 0. The van der Waals surface area contributed by atoms with Crippen molar-refractivity contribution in [1.82, 2.24) is 14.8 Å². The molecule has 0 atom stereocenters. The van der Waals surface area contributed by atoms with Gasteiger partial charge in [-0.25, -0.2) is 9.67 Å². The first-order valence-electron chi connectivity index (χ1n) is 4.29. The summed E-state index contributed by atoms with van der Waals surface area (Å²) in [5.41, 5.74) is 8.21. The van der Waals surface area contributed by atoms with Crippen LogP contribution < -0.4 is 0 Å². The van der Waals surface area contributed by atoms with E-state index in [2.05, 4.69) is 20.1 Å². The Balaban J connectivity index is 3.05. The van der Waals surface area contributed by atoms with Gasteiger partial charge in [-0.1, -0.05) is 13.8 Å². The van der Waals surface area contributed by atoms with Crippen LogP contribution >= 0.6 is 0 Å². The van der Waals surface area contributed by atoms with Gasteiger partial charge >= 0.3 is 0 Å². The Morgan fingerprint density at radius 3 is 2.86 bits per heavy atom. The third-order valence-electron chi connectivity index (χ3n) is 1.65. The predicted molar refractivity (Wildman–Crippen MR) is 50.0 cm³/mol. The van der Waals surface area contributed by atoms with Crippen molar-refractivity contribution in [3.63, 3.8) is 0 Å². The third-order valence-corrected chi connectivity index (χ3v) is 1.65. The van der Waals surface area contributed by atoms with E-state index in [4.69, 9.17) is 10.6 Å². The Kier molecular flexibility index (Phi) is 3.44. The molecule has 0 saturated carbocycles. The molecular weight excluding hydrogens is 184 g/mol. The summed E-state index contributed by atoms with van der Waals surface area (Å²) in [5, 5.41) is 16.0. The van der Waals surface area contributed by atoms with Gasteiger partial charge in [0.05, 0.1) is 13.2 Å². The van der Waals surface area contributed by atoms with Gasteiger partial charge in [0.2, 0.25) is 5.95 Å². The van der Waals surface area contributed by atoms with E-state index in [1.807, 2.05) is 13.8 Å². The number of aliphatic hydroxyl groups excluding tert-OH is 1. The minimum absolute atomic E-state index is 0.0151. The van der Waals surface area contributed by atoms with Crippen molar-refractivity contribution < 1.29 is 5.11 Å². The van der Waals surface area contributed by atoms with Crippen LogP contribution in [0.2, 0.25) is 0 Å². The van der Waals surface area contributed by atoms with E-state index >= 15 is 0 Å². The minimum Gasteiger partial charge on any atom is -0.394 e. The zero-order valence-corrected chi connectivity index (χ0v) is 8.12. The largest absolute Gasteiger partial charge is 0.394 e. The van der Waals surface area contributed by atoms with Crippen molar-refractivity contribution in [2.45, 2.75) is 26.3 Å². The monoisotopic (exact) mass is 196 g/mol. The Hall–Kier alpha value is -1.59. The van der Waals surface area contributed by atoms with Crippen molar-refractivity contribution >= 4 is 5.95 Å². The van der Waals surface area contributed by atoms with Crippen molar-refractivity contribution in [2.75, 3.05) is 6.61 Å². The summed E-state index contributed by atoms with van der Waals surface area (Å²) in [4.78, 5) is 6.64. The normalized spacial score (nSPS) is 10.3. The molecule has 0 aliphatic heterocycles. The van der Waals surface area contributed by atoms with E-state index in [0.717, 1.165) is 0 Å². The number of aliphatic hydroxyl groups is 1. The molecule has 1 heterocycles. The molecule has 0 spiro atoms. The molecule has 1 N–H and O–H groups in total. The Morgan fingerprint density at radius 1 is 1.64 bits per heavy atom. The Bertz CT molecular complexity index is 351. The van der Waals surface area contributed by atoms with Gasteiger partial charge in [-0.15, -0.1) is 5.10 Å². The van der Waals surface area contributed by atoms with Crippen molar-refractivity contribution in [1.29, 1.82) is 0 Å². The van der Waals surface area contributed by atoms with E-state index in [1.165, 1.54) is 0 Å². The lowest BCUT2D eigenvalue weighted by atomic mass is 10.2. The molecule has 0 bridgehead atoms. The Morgan fingerprint density at radius 2 is 2.36 bits per heavy atom. The number of rotatable bonds is 4. The standard InChI is InChI=1S/C7H12N6O/c1-5(2)6-9-7(10-12-8)11-13(6)3-4-14/h5,14H,3-4H2,1-2H3. The first-order valence-corrected chi connectivity index (χ1v) is 4.29. The van der Waals surface area contributed by atoms with E-state index in [9.17, 15) is 0 Å². The number of hydrogen-bond donors (Lipinski definition) is 1. The van der Waals surface area contributed by atoms with Gasteiger partial charge in [-0.3, -0.25) is 0 Å². The molecule has 0 aliphatic rings. The SMILES string of the molecule is CC(C)c1nc(N=[N+]=[N-])nn1CCO. The first-order chi connectivity index (χ1) is 6.69. The fourth-order valence-electron chi connectivity index (χ4n) is 1.11. The molecule has 0 amide bonds. The average Bonchev–Trinajstić information content (AvgIpc) is 2.49. The lowest BCUT2D eigenvalue weighted by Crippen LogP contribution is -2.09. The molecule has 7 nitrogen and oxygen atoms in total. The molecule has 0 radical (unpaired) electrons. The van der Waals surface area contributed by atoms with Crippen LogP contribution in [0.25, 0.3) is 10.4 Å². The van der Waals surface area contributed by atoms with Gasteiger partial charge in [-0.2, -0.15) is 0 Å². The zero-order chi connectivity index (χ0) is 10.6. The van der Waals surface area contributed by atoms with Gasteiger partial charge in [0.15, 0.2) is 0 Å². The molecule has 14 heavy (non-hydrogen) atoms. The van der Waals surface area contributed by atoms with Crippen molar-refractivity contribution in [2.24, 2.45) is 5.11 Å². The van der Waals surface area contributed by atoms with Crippen LogP contribution in [-0.2, 0) is 6.54 Å². The fraction of sp³-hybridized carbons (Fsp3) is 0.714. The molecule has 0 saturated heterocycles. The van der Waals surface area contributed by atoms with Gasteiger partial charge in [0.1, 0.15) is 5.82 Å². The first kappa shape index (κ1) is 10.5. The van der Waals surface area contributed by atoms with Crippen LogP contribution in [0.1, 0.15) is 25.6 Å². The summed E-state index contributed by atoms with van der Waals surface area (Å²) in [6, 6.07) is 0. The third kappa shape index (κ3) is 2.21. The van der Waals surface area contributed by atoms with Crippen molar-refractivity contribution in [3.05, 3.63) is 16.3 Å². The van der Waals surface area contributed by atoms with Crippen molar-refractivity contribution in [3.8, 4) is 0 Å². The summed E-state index contributed by atoms with van der Waals surface area (Å²) in [6.07, 6.45) is 0. The highest BCUT2D eigenvalue weighted by molar-refractivity contribution is 5.14. The van der Waals surface area contributed by atoms with E-state index < -0.39 is 0 Å². The van der Waals surface area contributed by atoms with E-state index in [0.29, 0.717) is 12.4 Å². The molecule has 76 valence electrons. The fourth-order valence-corrected chi connectivity index (χ4v) is 1.11. The molecular formula is C7H12N6O. The molecule has 1 aromatic heterocycles. The highest BCUT2D eigenvalue weighted by Crippen LogP contribution is 2.15. The summed E-state index contributed by atoms with van der Waals surface area (Å²) >= 11 is 0. The second-order valence-electron chi connectivity index (χ2n) is 3.06. The minimum atomic E-state index is -0.0151. The lowest BCUT2D eigenvalue weighted by molar-refractivity contribution is 0.266. The van der Waals surface area contributed by atoms with Crippen LogP contribution in [0, 0.1) is 0 Å². The Labute approximate surface area is 81.0 Å². The lowest BCUT2D eigenvalue weighted by Gasteiger charge is -2.05. The quantitative estimate of drug-likeness (QED) is 0.446. The number of azide groups is 1. The van der Waals surface area contributed by atoms with Crippen LogP contribution in [0.15, 0.2) is 5.11 Å². The summed E-state index contributed by atoms with van der Waals surface area (Å²) in [5.74, 6) is 0.989. The second kappa shape index (κ2) is 4.59. The molecule has 0 aromatic carbocycles. The van der Waals surface area contributed by atoms with E-state index in [1.54, 1.807) is 4.68 Å². The highest BCUT2D eigenvalue weighted by Gasteiger charge is 2.11. The smallest absolute Gasteiger partial charge is 0.238 e. The molecule has 0 fully saturated rings.